The van der Waals surface area contributed by atoms with Crippen molar-refractivity contribution in [3.05, 3.63) is 29.3 Å². The highest BCUT2D eigenvalue weighted by atomic mass is 16.5. The van der Waals surface area contributed by atoms with Crippen molar-refractivity contribution in [2.75, 3.05) is 57.4 Å². The van der Waals surface area contributed by atoms with Gasteiger partial charge in [0.1, 0.15) is 0 Å². The molecule has 126 valence electrons. The fourth-order valence-corrected chi connectivity index (χ4v) is 3.21. The second kappa shape index (κ2) is 7.19. The van der Waals surface area contributed by atoms with E-state index in [1.807, 2.05) is 0 Å². The summed E-state index contributed by atoms with van der Waals surface area (Å²) >= 11 is 0. The first-order valence-electron chi connectivity index (χ1n) is 8.26. The topological polar surface area (TPSA) is 56.2 Å². The molecule has 6 heteroatoms. The van der Waals surface area contributed by atoms with Crippen molar-refractivity contribution in [2.24, 2.45) is 0 Å². The Hall–Kier alpha value is -1.79. The van der Waals surface area contributed by atoms with E-state index in [0.29, 0.717) is 13.1 Å². The molecule has 0 unspecified atom stereocenters. The fourth-order valence-electron chi connectivity index (χ4n) is 3.21. The maximum absolute atomic E-state index is 11.0. The molecule has 0 radical (unpaired) electrons. The lowest BCUT2D eigenvalue weighted by Gasteiger charge is -2.33. The largest absolute Gasteiger partial charge is 0.465 e. The van der Waals surface area contributed by atoms with Crippen molar-refractivity contribution in [3.8, 4) is 0 Å². The van der Waals surface area contributed by atoms with E-state index >= 15 is 0 Å². The summed E-state index contributed by atoms with van der Waals surface area (Å²) in [6, 6.07) is 6.67. The SMILES string of the molecule is Cc1cc(N2CCOCC2)ccc1CN1CCN(C(=O)O)CC1. The summed E-state index contributed by atoms with van der Waals surface area (Å²) in [6.07, 6.45) is -0.810. The van der Waals surface area contributed by atoms with Crippen LogP contribution in [0.5, 0.6) is 0 Å². The molecule has 2 saturated heterocycles. The standard InChI is InChI=1S/C17H25N3O3/c1-14-12-16(19-8-10-23-11-9-19)3-2-15(14)13-18-4-6-20(7-5-18)17(21)22/h2-3,12H,4-11,13H2,1H3,(H,21,22). The Morgan fingerprint density at radius 1 is 1.13 bits per heavy atom. The van der Waals surface area contributed by atoms with E-state index < -0.39 is 6.09 Å². The lowest BCUT2D eigenvalue weighted by Crippen LogP contribution is -2.47. The summed E-state index contributed by atoms with van der Waals surface area (Å²) in [7, 11) is 0. The molecule has 1 aromatic rings. The predicted octanol–water partition coefficient (Wildman–Crippen LogP) is 1.63. The van der Waals surface area contributed by atoms with Crippen LogP contribution in [0.15, 0.2) is 18.2 Å². The van der Waals surface area contributed by atoms with Gasteiger partial charge in [-0.2, -0.15) is 0 Å². The van der Waals surface area contributed by atoms with Gasteiger partial charge < -0.3 is 19.6 Å². The number of ether oxygens (including phenoxy) is 1. The van der Waals surface area contributed by atoms with E-state index in [1.165, 1.54) is 21.7 Å². The second-order valence-corrected chi connectivity index (χ2v) is 6.26. The van der Waals surface area contributed by atoms with Gasteiger partial charge in [0.2, 0.25) is 0 Å². The van der Waals surface area contributed by atoms with Crippen LogP contribution in [0.3, 0.4) is 0 Å². The normalized spacial score (nSPS) is 19.9. The summed E-state index contributed by atoms with van der Waals surface area (Å²) in [4.78, 5) is 17.1. The van der Waals surface area contributed by atoms with Crippen LogP contribution in [0.4, 0.5) is 10.5 Å². The van der Waals surface area contributed by atoms with E-state index in [9.17, 15) is 4.79 Å². The number of hydrogen-bond donors (Lipinski definition) is 1. The number of amides is 1. The summed E-state index contributed by atoms with van der Waals surface area (Å²) in [5.74, 6) is 0. The van der Waals surface area contributed by atoms with Crippen molar-refractivity contribution in [3.63, 3.8) is 0 Å². The quantitative estimate of drug-likeness (QED) is 0.918. The Morgan fingerprint density at radius 3 is 2.43 bits per heavy atom. The Labute approximate surface area is 137 Å². The zero-order valence-corrected chi connectivity index (χ0v) is 13.7. The summed E-state index contributed by atoms with van der Waals surface area (Å²) in [5, 5.41) is 9.01. The molecule has 6 nitrogen and oxygen atoms in total. The van der Waals surface area contributed by atoms with E-state index in [-0.39, 0.29) is 0 Å². The zero-order valence-electron chi connectivity index (χ0n) is 13.7. The van der Waals surface area contributed by atoms with Gasteiger partial charge in [0, 0.05) is 51.5 Å². The molecule has 0 saturated carbocycles. The van der Waals surface area contributed by atoms with E-state index in [0.717, 1.165) is 45.9 Å². The highest BCUT2D eigenvalue weighted by Crippen LogP contribution is 2.21. The number of morpholine rings is 1. The van der Waals surface area contributed by atoms with Crippen molar-refractivity contribution in [2.45, 2.75) is 13.5 Å². The number of piperazine rings is 1. The molecule has 1 N–H and O–H groups in total. The monoisotopic (exact) mass is 319 g/mol. The van der Waals surface area contributed by atoms with Crippen LogP contribution in [0.25, 0.3) is 0 Å². The van der Waals surface area contributed by atoms with Gasteiger partial charge in [-0.15, -0.1) is 0 Å². The van der Waals surface area contributed by atoms with Crippen LogP contribution in [-0.4, -0.2) is 73.5 Å². The minimum Gasteiger partial charge on any atom is -0.465 e. The Morgan fingerprint density at radius 2 is 1.83 bits per heavy atom. The smallest absolute Gasteiger partial charge is 0.407 e. The Balaban J connectivity index is 1.59. The molecule has 0 aromatic heterocycles. The molecule has 2 aliphatic rings. The molecule has 23 heavy (non-hydrogen) atoms. The minimum absolute atomic E-state index is 0.597. The first-order chi connectivity index (χ1) is 11.1. The summed E-state index contributed by atoms with van der Waals surface area (Å²) < 4.78 is 5.41. The first kappa shape index (κ1) is 16.1. The number of nitrogens with zero attached hydrogens (tertiary/aromatic N) is 3. The molecule has 0 atom stereocenters. The van der Waals surface area contributed by atoms with Gasteiger partial charge in [0.05, 0.1) is 13.2 Å². The average Bonchev–Trinajstić information content (AvgIpc) is 2.58. The van der Waals surface area contributed by atoms with E-state index in [2.05, 4.69) is 34.9 Å². The maximum atomic E-state index is 11.0. The number of carbonyl (C=O) groups is 1. The van der Waals surface area contributed by atoms with Gasteiger partial charge in [-0.25, -0.2) is 4.79 Å². The van der Waals surface area contributed by atoms with Crippen LogP contribution >= 0.6 is 0 Å². The maximum Gasteiger partial charge on any atom is 0.407 e. The lowest BCUT2D eigenvalue weighted by molar-refractivity contribution is 0.103. The molecule has 2 aliphatic heterocycles. The van der Waals surface area contributed by atoms with Crippen LogP contribution in [0.2, 0.25) is 0 Å². The van der Waals surface area contributed by atoms with Gasteiger partial charge in [-0.05, 0) is 30.2 Å². The molecule has 1 amide bonds. The molecular weight excluding hydrogens is 294 g/mol. The number of benzene rings is 1. The van der Waals surface area contributed by atoms with Gasteiger partial charge >= 0.3 is 6.09 Å². The highest BCUT2D eigenvalue weighted by Gasteiger charge is 2.21. The molecule has 2 fully saturated rings. The number of rotatable bonds is 3. The van der Waals surface area contributed by atoms with Crippen molar-refractivity contribution in [1.82, 2.24) is 9.80 Å². The lowest BCUT2D eigenvalue weighted by atomic mass is 10.1. The molecule has 1 aromatic carbocycles. The summed E-state index contributed by atoms with van der Waals surface area (Å²) in [6.45, 7) is 9.36. The third-order valence-corrected chi connectivity index (χ3v) is 4.74. The average molecular weight is 319 g/mol. The Bertz CT molecular complexity index is 550. The first-order valence-corrected chi connectivity index (χ1v) is 8.26. The van der Waals surface area contributed by atoms with E-state index in [1.54, 1.807) is 0 Å². The second-order valence-electron chi connectivity index (χ2n) is 6.26. The third kappa shape index (κ3) is 3.95. The zero-order chi connectivity index (χ0) is 16.2. The number of aryl methyl sites for hydroxylation is 1. The highest BCUT2D eigenvalue weighted by molar-refractivity contribution is 5.65. The number of carboxylic acid groups (broad SMARTS) is 1. The Kier molecular flexibility index (Phi) is 5.03. The molecule has 0 bridgehead atoms. The fraction of sp³-hybridized carbons (Fsp3) is 0.588. The number of anilines is 1. The van der Waals surface area contributed by atoms with Crippen LogP contribution in [0.1, 0.15) is 11.1 Å². The van der Waals surface area contributed by atoms with Gasteiger partial charge in [0.15, 0.2) is 0 Å². The van der Waals surface area contributed by atoms with Crippen molar-refractivity contribution in [1.29, 1.82) is 0 Å². The van der Waals surface area contributed by atoms with Crippen LogP contribution < -0.4 is 4.90 Å². The molecule has 0 spiro atoms. The van der Waals surface area contributed by atoms with Crippen molar-refractivity contribution < 1.29 is 14.6 Å². The molecular formula is C17H25N3O3. The molecule has 0 aliphatic carbocycles. The summed E-state index contributed by atoms with van der Waals surface area (Å²) in [5.41, 5.74) is 3.89. The van der Waals surface area contributed by atoms with Crippen LogP contribution in [0, 0.1) is 6.92 Å². The van der Waals surface area contributed by atoms with Gasteiger partial charge in [0.25, 0.3) is 0 Å². The molecule has 2 heterocycles. The van der Waals surface area contributed by atoms with E-state index in [4.69, 9.17) is 9.84 Å². The third-order valence-electron chi connectivity index (χ3n) is 4.74. The van der Waals surface area contributed by atoms with Crippen LogP contribution in [-0.2, 0) is 11.3 Å². The molecule has 3 rings (SSSR count). The predicted molar refractivity (Wildman–Crippen MR) is 89.1 cm³/mol. The minimum atomic E-state index is -0.810. The van der Waals surface area contributed by atoms with Gasteiger partial charge in [-0.1, -0.05) is 6.07 Å². The number of hydrogen-bond acceptors (Lipinski definition) is 4. The van der Waals surface area contributed by atoms with Gasteiger partial charge in [-0.3, -0.25) is 4.90 Å². The van der Waals surface area contributed by atoms with Crippen molar-refractivity contribution >= 4 is 11.8 Å².